The summed E-state index contributed by atoms with van der Waals surface area (Å²) in [6.45, 7) is 1.90. The van der Waals surface area contributed by atoms with Gasteiger partial charge >= 0.3 is 0 Å². The summed E-state index contributed by atoms with van der Waals surface area (Å²) >= 11 is 0. The SMILES string of the molecule is CCC(C#N)NC(=O)C1CCC1. The maximum Gasteiger partial charge on any atom is 0.224 e. The molecule has 0 aromatic rings. The van der Waals surface area contributed by atoms with E-state index >= 15 is 0 Å². The van der Waals surface area contributed by atoms with E-state index in [4.69, 9.17) is 5.26 Å². The zero-order chi connectivity index (χ0) is 8.97. The van der Waals surface area contributed by atoms with Gasteiger partial charge in [-0.1, -0.05) is 13.3 Å². The highest BCUT2D eigenvalue weighted by Crippen LogP contribution is 2.26. The second-order valence-corrected chi connectivity index (χ2v) is 3.23. The van der Waals surface area contributed by atoms with Crippen molar-refractivity contribution in [2.75, 3.05) is 0 Å². The molecule has 1 amide bonds. The quantitative estimate of drug-likeness (QED) is 0.685. The molecular formula is C9H14N2O. The first kappa shape index (κ1) is 9.05. The zero-order valence-electron chi connectivity index (χ0n) is 7.34. The van der Waals surface area contributed by atoms with Crippen LogP contribution >= 0.6 is 0 Å². The molecule has 1 N–H and O–H groups in total. The summed E-state index contributed by atoms with van der Waals surface area (Å²) in [5.74, 6) is 0.252. The first-order valence-electron chi connectivity index (χ1n) is 4.48. The Morgan fingerprint density at radius 2 is 2.42 bits per heavy atom. The number of nitrogens with zero attached hydrogens (tertiary/aromatic N) is 1. The molecule has 66 valence electrons. The normalized spacial score (nSPS) is 19.0. The van der Waals surface area contributed by atoms with Crippen LogP contribution in [0.3, 0.4) is 0 Å². The van der Waals surface area contributed by atoms with Crippen LogP contribution in [-0.2, 0) is 4.79 Å². The summed E-state index contributed by atoms with van der Waals surface area (Å²) in [5.41, 5.74) is 0. The van der Waals surface area contributed by atoms with Gasteiger partial charge in [0.1, 0.15) is 6.04 Å². The highest BCUT2D eigenvalue weighted by molar-refractivity contribution is 5.79. The Balaban J connectivity index is 2.29. The number of rotatable bonds is 3. The molecule has 0 saturated heterocycles. The van der Waals surface area contributed by atoms with Crippen LogP contribution in [0.2, 0.25) is 0 Å². The molecule has 0 radical (unpaired) electrons. The van der Waals surface area contributed by atoms with Crippen molar-refractivity contribution in [2.45, 2.75) is 38.6 Å². The number of nitrogens with one attached hydrogen (secondary N) is 1. The number of carbonyl (C=O) groups excluding carboxylic acids is 1. The van der Waals surface area contributed by atoms with Gasteiger partial charge < -0.3 is 5.32 Å². The highest BCUT2D eigenvalue weighted by atomic mass is 16.1. The molecule has 12 heavy (non-hydrogen) atoms. The molecule has 1 atom stereocenters. The van der Waals surface area contributed by atoms with E-state index in [2.05, 4.69) is 11.4 Å². The minimum absolute atomic E-state index is 0.0645. The van der Waals surface area contributed by atoms with Gasteiger partial charge in [0.05, 0.1) is 6.07 Å². The lowest BCUT2D eigenvalue weighted by Gasteiger charge is -2.25. The lowest BCUT2D eigenvalue weighted by atomic mass is 9.84. The average Bonchev–Trinajstić information content (AvgIpc) is 1.96. The van der Waals surface area contributed by atoms with E-state index in [1.54, 1.807) is 0 Å². The van der Waals surface area contributed by atoms with Crippen LogP contribution in [0, 0.1) is 17.2 Å². The Kier molecular flexibility index (Phi) is 3.09. The van der Waals surface area contributed by atoms with E-state index in [1.807, 2.05) is 6.92 Å². The molecule has 3 heteroatoms. The first-order chi connectivity index (χ1) is 5.77. The molecule has 1 aliphatic carbocycles. The molecule has 1 saturated carbocycles. The highest BCUT2D eigenvalue weighted by Gasteiger charge is 2.26. The predicted octanol–water partition coefficient (Wildman–Crippen LogP) is 1.20. The van der Waals surface area contributed by atoms with Crippen LogP contribution in [0.25, 0.3) is 0 Å². The van der Waals surface area contributed by atoms with E-state index in [1.165, 1.54) is 0 Å². The molecule has 1 aliphatic rings. The summed E-state index contributed by atoms with van der Waals surface area (Å²) in [5, 5.41) is 11.3. The summed E-state index contributed by atoms with van der Waals surface area (Å²) in [6.07, 6.45) is 3.83. The van der Waals surface area contributed by atoms with E-state index in [0.29, 0.717) is 6.42 Å². The van der Waals surface area contributed by atoms with Gasteiger partial charge in [-0.15, -0.1) is 0 Å². The fourth-order valence-corrected chi connectivity index (χ4v) is 1.19. The van der Waals surface area contributed by atoms with Crippen molar-refractivity contribution in [3.63, 3.8) is 0 Å². The van der Waals surface area contributed by atoms with Gasteiger partial charge in [0.2, 0.25) is 5.91 Å². The maximum atomic E-state index is 11.3. The van der Waals surface area contributed by atoms with Crippen molar-refractivity contribution in [1.82, 2.24) is 5.32 Å². The van der Waals surface area contributed by atoms with E-state index < -0.39 is 0 Å². The van der Waals surface area contributed by atoms with Gasteiger partial charge in [-0.2, -0.15) is 5.26 Å². The maximum absolute atomic E-state index is 11.3. The van der Waals surface area contributed by atoms with E-state index in [-0.39, 0.29) is 17.9 Å². The Hall–Kier alpha value is -1.04. The predicted molar refractivity (Wildman–Crippen MR) is 45.2 cm³/mol. The van der Waals surface area contributed by atoms with Crippen LogP contribution in [0.4, 0.5) is 0 Å². The lowest BCUT2D eigenvalue weighted by Crippen LogP contribution is -2.40. The van der Waals surface area contributed by atoms with Crippen molar-refractivity contribution in [1.29, 1.82) is 5.26 Å². The molecule has 3 nitrogen and oxygen atoms in total. The van der Waals surface area contributed by atoms with Crippen molar-refractivity contribution in [2.24, 2.45) is 5.92 Å². The minimum atomic E-state index is -0.293. The van der Waals surface area contributed by atoms with Crippen molar-refractivity contribution < 1.29 is 4.79 Å². The molecule has 0 bridgehead atoms. The minimum Gasteiger partial charge on any atom is -0.340 e. The topological polar surface area (TPSA) is 52.9 Å². The number of carbonyl (C=O) groups is 1. The fraction of sp³-hybridized carbons (Fsp3) is 0.778. The number of hydrogen-bond donors (Lipinski definition) is 1. The van der Waals surface area contributed by atoms with Crippen LogP contribution in [0.1, 0.15) is 32.6 Å². The smallest absolute Gasteiger partial charge is 0.224 e. The van der Waals surface area contributed by atoms with Gasteiger partial charge in [0, 0.05) is 5.92 Å². The van der Waals surface area contributed by atoms with Gasteiger partial charge in [-0.05, 0) is 19.3 Å². The van der Waals surface area contributed by atoms with E-state index in [0.717, 1.165) is 19.3 Å². The number of nitriles is 1. The number of hydrogen-bond acceptors (Lipinski definition) is 2. The monoisotopic (exact) mass is 166 g/mol. The van der Waals surface area contributed by atoms with Crippen LogP contribution in [0.15, 0.2) is 0 Å². The van der Waals surface area contributed by atoms with Crippen LogP contribution < -0.4 is 5.32 Å². The van der Waals surface area contributed by atoms with Crippen LogP contribution in [0.5, 0.6) is 0 Å². The molecule has 1 fully saturated rings. The summed E-state index contributed by atoms with van der Waals surface area (Å²) in [4.78, 5) is 11.3. The third kappa shape index (κ3) is 1.97. The fourth-order valence-electron chi connectivity index (χ4n) is 1.19. The molecule has 1 rings (SSSR count). The molecule has 0 aromatic carbocycles. The van der Waals surface area contributed by atoms with E-state index in [9.17, 15) is 4.79 Å². The molecule has 0 aromatic heterocycles. The average molecular weight is 166 g/mol. The molecule has 0 heterocycles. The Morgan fingerprint density at radius 3 is 2.75 bits per heavy atom. The molecule has 0 spiro atoms. The second kappa shape index (κ2) is 4.10. The standard InChI is InChI=1S/C9H14N2O/c1-2-8(6-10)11-9(12)7-4-3-5-7/h7-8H,2-5H2,1H3,(H,11,12). The van der Waals surface area contributed by atoms with Crippen LogP contribution in [-0.4, -0.2) is 11.9 Å². The third-order valence-corrected chi connectivity index (χ3v) is 2.36. The summed E-state index contributed by atoms with van der Waals surface area (Å²) in [7, 11) is 0. The summed E-state index contributed by atoms with van der Waals surface area (Å²) in [6, 6.07) is 1.76. The Labute approximate surface area is 72.8 Å². The molecule has 1 unspecified atom stereocenters. The second-order valence-electron chi connectivity index (χ2n) is 3.23. The van der Waals surface area contributed by atoms with Crippen molar-refractivity contribution in [3.8, 4) is 6.07 Å². The van der Waals surface area contributed by atoms with Crippen molar-refractivity contribution >= 4 is 5.91 Å². The third-order valence-electron chi connectivity index (χ3n) is 2.36. The van der Waals surface area contributed by atoms with Crippen molar-refractivity contribution in [3.05, 3.63) is 0 Å². The van der Waals surface area contributed by atoms with Gasteiger partial charge in [-0.25, -0.2) is 0 Å². The van der Waals surface area contributed by atoms with Gasteiger partial charge in [-0.3, -0.25) is 4.79 Å². The Morgan fingerprint density at radius 1 is 1.75 bits per heavy atom. The largest absolute Gasteiger partial charge is 0.340 e. The molecular weight excluding hydrogens is 152 g/mol. The lowest BCUT2D eigenvalue weighted by molar-refractivity contribution is -0.127. The molecule has 0 aliphatic heterocycles. The zero-order valence-corrected chi connectivity index (χ0v) is 7.34. The van der Waals surface area contributed by atoms with Gasteiger partial charge in [0.15, 0.2) is 0 Å². The first-order valence-corrected chi connectivity index (χ1v) is 4.48. The van der Waals surface area contributed by atoms with Gasteiger partial charge in [0.25, 0.3) is 0 Å². The number of amides is 1. The summed E-state index contributed by atoms with van der Waals surface area (Å²) < 4.78 is 0. The Bertz CT molecular complexity index is 203.